The smallest absolute Gasteiger partial charge is 0.104 e. The second-order valence-electron chi connectivity index (χ2n) is 6.75. The molecule has 0 unspecified atom stereocenters. The normalized spacial score (nSPS) is 18.8. The molecule has 5 rings (SSSR count). The molecule has 3 aromatic carbocycles. The number of hydrogen-bond donors (Lipinski definition) is 1. The van der Waals surface area contributed by atoms with Crippen LogP contribution in [0.4, 0.5) is 0 Å². The van der Waals surface area contributed by atoms with Gasteiger partial charge in [-0.05, 0) is 28.8 Å². The number of nitrogens with zero attached hydrogens (tertiary/aromatic N) is 1. The summed E-state index contributed by atoms with van der Waals surface area (Å²) in [5.74, 6) is 0. The Labute approximate surface area is 152 Å². The summed E-state index contributed by atoms with van der Waals surface area (Å²) in [5.41, 5.74) is 5.49. The lowest BCUT2D eigenvalue weighted by Crippen LogP contribution is -2.19. The van der Waals surface area contributed by atoms with Gasteiger partial charge in [-0.25, -0.2) is 0 Å². The number of fused-ring (bicyclic) bond motifs is 2. The molecular weight excluding hydrogens is 318 g/mol. The Hall–Kier alpha value is -3.10. The van der Waals surface area contributed by atoms with Crippen molar-refractivity contribution in [3.8, 4) is 11.3 Å². The molecule has 2 nitrogen and oxygen atoms in total. The van der Waals surface area contributed by atoms with E-state index < -0.39 is 6.10 Å². The highest BCUT2D eigenvalue weighted by molar-refractivity contribution is 5.87. The van der Waals surface area contributed by atoms with Crippen LogP contribution in [0.5, 0.6) is 0 Å². The SMILES string of the molecule is O[C@@H]1c2ccccc2C=C[C@H]1n1c(-c2ccccc2)cc2ccccc21. The zero-order valence-corrected chi connectivity index (χ0v) is 14.3. The van der Waals surface area contributed by atoms with E-state index >= 15 is 0 Å². The first kappa shape index (κ1) is 15.2. The summed E-state index contributed by atoms with van der Waals surface area (Å²) in [6.07, 6.45) is 3.66. The lowest BCUT2D eigenvalue weighted by molar-refractivity contribution is 0.136. The van der Waals surface area contributed by atoms with Gasteiger partial charge in [0.05, 0.1) is 6.04 Å². The maximum atomic E-state index is 11.2. The van der Waals surface area contributed by atoms with Gasteiger partial charge in [-0.15, -0.1) is 0 Å². The lowest BCUT2D eigenvalue weighted by atomic mass is 9.91. The summed E-state index contributed by atoms with van der Waals surface area (Å²) in [6, 6.07) is 28.9. The monoisotopic (exact) mass is 337 g/mol. The fraction of sp³-hybridized carbons (Fsp3) is 0.0833. The Morgan fingerprint density at radius 3 is 2.38 bits per heavy atom. The molecule has 1 heterocycles. The predicted molar refractivity (Wildman–Crippen MR) is 107 cm³/mol. The molecule has 0 amide bonds. The molecule has 126 valence electrons. The predicted octanol–water partition coefficient (Wildman–Crippen LogP) is 5.61. The maximum absolute atomic E-state index is 11.2. The Balaban J connectivity index is 1.75. The van der Waals surface area contributed by atoms with E-state index in [0.717, 1.165) is 27.9 Å². The van der Waals surface area contributed by atoms with Crippen molar-refractivity contribution in [1.82, 2.24) is 4.57 Å². The summed E-state index contributed by atoms with van der Waals surface area (Å²) in [4.78, 5) is 0. The van der Waals surface area contributed by atoms with E-state index in [1.807, 2.05) is 24.3 Å². The van der Waals surface area contributed by atoms with Crippen LogP contribution in [0.15, 0.2) is 91.0 Å². The third-order valence-electron chi connectivity index (χ3n) is 5.23. The molecule has 0 aliphatic heterocycles. The van der Waals surface area contributed by atoms with Crippen LogP contribution in [0.1, 0.15) is 23.3 Å². The third-order valence-corrected chi connectivity index (χ3v) is 5.23. The molecule has 1 aliphatic rings. The van der Waals surface area contributed by atoms with Crippen molar-refractivity contribution in [1.29, 1.82) is 0 Å². The minimum Gasteiger partial charge on any atom is -0.386 e. The highest BCUT2D eigenvalue weighted by Gasteiger charge is 2.28. The first-order chi connectivity index (χ1) is 12.8. The van der Waals surface area contributed by atoms with Crippen LogP contribution in [0, 0.1) is 0 Å². The average molecular weight is 337 g/mol. The van der Waals surface area contributed by atoms with Crippen LogP contribution in [-0.4, -0.2) is 9.67 Å². The van der Waals surface area contributed by atoms with Crippen molar-refractivity contribution >= 4 is 17.0 Å². The topological polar surface area (TPSA) is 25.2 Å². The summed E-state index contributed by atoms with van der Waals surface area (Å²) in [5, 5.41) is 12.3. The Kier molecular flexibility index (Phi) is 3.51. The van der Waals surface area contributed by atoms with Gasteiger partial charge in [0.1, 0.15) is 6.10 Å². The van der Waals surface area contributed by atoms with E-state index in [2.05, 4.69) is 77.4 Å². The van der Waals surface area contributed by atoms with E-state index in [4.69, 9.17) is 0 Å². The zero-order chi connectivity index (χ0) is 17.5. The molecule has 0 radical (unpaired) electrons. The van der Waals surface area contributed by atoms with Gasteiger partial charge in [-0.1, -0.05) is 84.9 Å². The molecule has 0 saturated carbocycles. The maximum Gasteiger partial charge on any atom is 0.104 e. The van der Waals surface area contributed by atoms with Gasteiger partial charge in [0.15, 0.2) is 0 Å². The van der Waals surface area contributed by atoms with Gasteiger partial charge in [-0.3, -0.25) is 0 Å². The van der Waals surface area contributed by atoms with Gasteiger partial charge in [0, 0.05) is 16.6 Å². The largest absolute Gasteiger partial charge is 0.386 e. The van der Waals surface area contributed by atoms with E-state index in [1.165, 1.54) is 5.39 Å². The summed E-state index contributed by atoms with van der Waals surface area (Å²) in [6.45, 7) is 0. The van der Waals surface area contributed by atoms with Crippen molar-refractivity contribution in [3.63, 3.8) is 0 Å². The van der Waals surface area contributed by atoms with Gasteiger partial charge >= 0.3 is 0 Å². The first-order valence-corrected chi connectivity index (χ1v) is 8.93. The van der Waals surface area contributed by atoms with Crippen molar-refractivity contribution in [2.75, 3.05) is 0 Å². The van der Waals surface area contributed by atoms with Crippen LogP contribution in [0.2, 0.25) is 0 Å². The summed E-state index contributed by atoms with van der Waals surface area (Å²) >= 11 is 0. The number of aliphatic hydroxyl groups is 1. The number of para-hydroxylation sites is 1. The molecule has 26 heavy (non-hydrogen) atoms. The Morgan fingerprint density at radius 1 is 0.769 bits per heavy atom. The molecule has 2 heteroatoms. The molecule has 2 atom stereocenters. The summed E-state index contributed by atoms with van der Waals surface area (Å²) in [7, 11) is 0. The van der Waals surface area contributed by atoms with Crippen LogP contribution in [0.25, 0.3) is 28.2 Å². The third kappa shape index (κ3) is 2.31. The quantitative estimate of drug-likeness (QED) is 0.505. The molecule has 0 fully saturated rings. The van der Waals surface area contributed by atoms with Crippen LogP contribution in [0.3, 0.4) is 0 Å². The van der Waals surface area contributed by atoms with Gasteiger partial charge < -0.3 is 9.67 Å². The van der Waals surface area contributed by atoms with Crippen molar-refractivity contribution in [2.24, 2.45) is 0 Å². The van der Waals surface area contributed by atoms with Crippen molar-refractivity contribution in [3.05, 3.63) is 102 Å². The Morgan fingerprint density at radius 2 is 1.50 bits per heavy atom. The molecular formula is C24H19NO. The number of hydrogen-bond acceptors (Lipinski definition) is 1. The van der Waals surface area contributed by atoms with E-state index in [1.54, 1.807) is 0 Å². The van der Waals surface area contributed by atoms with E-state index in [9.17, 15) is 5.11 Å². The van der Waals surface area contributed by atoms with Gasteiger partial charge in [0.2, 0.25) is 0 Å². The molecule has 1 N–H and O–H groups in total. The Bertz CT molecular complexity index is 1110. The van der Waals surface area contributed by atoms with Crippen LogP contribution < -0.4 is 0 Å². The highest BCUT2D eigenvalue weighted by Crippen LogP contribution is 2.40. The van der Waals surface area contributed by atoms with Crippen molar-refractivity contribution < 1.29 is 5.11 Å². The second-order valence-corrected chi connectivity index (χ2v) is 6.75. The standard InChI is InChI=1S/C24H19NO/c26-24-20-12-6-4-8-17(20)14-15-22(24)25-21-13-7-5-11-19(21)16-23(25)18-9-2-1-3-10-18/h1-16,22,24,26H/t22-,24-/m1/s1. The lowest BCUT2D eigenvalue weighted by Gasteiger charge is -2.29. The summed E-state index contributed by atoms with van der Waals surface area (Å²) < 4.78 is 2.27. The average Bonchev–Trinajstić information content (AvgIpc) is 3.09. The number of rotatable bonds is 2. The van der Waals surface area contributed by atoms with Gasteiger partial charge in [-0.2, -0.15) is 0 Å². The molecule has 0 saturated heterocycles. The minimum absolute atomic E-state index is 0.139. The number of aromatic nitrogens is 1. The van der Waals surface area contributed by atoms with E-state index in [0.29, 0.717) is 0 Å². The first-order valence-electron chi connectivity index (χ1n) is 8.93. The highest BCUT2D eigenvalue weighted by atomic mass is 16.3. The molecule has 0 spiro atoms. The number of aliphatic hydroxyl groups excluding tert-OH is 1. The molecule has 0 bridgehead atoms. The van der Waals surface area contributed by atoms with Crippen LogP contribution >= 0.6 is 0 Å². The number of benzene rings is 3. The van der Waals surface area contributed by atoms with Gasteiger partial charge in [0.25, 0.3) is 0 Å². The van der Waals surface area contributed by atoms with E-state index in [-0.39, 0.29) is 6.04 Å². The minimum atomic E-state index is -0.575. The van der Waals surface area contributed by atoms with Crippen molar-refractivity contribution in [2.45, 2.75) is 12.1 Å². The fourth-order valence-corrected chi connectivity index (χ4v) is 3.98. The zero-order valence-electron chi connectivity index (χ0n) is 14.3. The van der Waals surface area contributed by atoms with Crippen LogP contribution in [-0.2, 0) is 0 Å². The molecule has 4 aromatic rings. The molecule has 1 aromatic heterocycles. The fourth-order valence-electron chi connectivity index (χ4n) is 3.98. The second kappa shape index (κ2) is 6.01. The molecule has 1 aliphatic carbocycles.